The molecule has 0 saturated heterocycles. The van der Waals surface area contributed by atoms with Crippen LogP contribution in [0.4, 0.5) is 0 Å². The fourth-order valence-corrected chi connectivity index (χ4v) is 1.71. The second-order valence-corrected chi connectivity index (χ2v) is 3.78. The number of hydrogen-bond donors (Lipinski definition) is 1. The Balaban J connectivity index is 1.96. The maximum absolute atomic E-state index is 10.6. The Kier molecular flexibility index (Phi) is 2.73. The lowest BCUT2D eigenvalue weighted by atomic mass is 10.4. The minimum absolute atomic E-state index is 0.275. The molecule has 0 bridgehead atoms. The minimum Gasteiger partial charge on any atom is -0.488 e. The molecule has 15 heavy (non-hydrogen) atoms. The van der Waals surface area contributed by atoms with E-state index in [1.807, 2.05) is 0 Å². The summed E-state index contributed by atoms with van der Waals surface area (Å²) in [7, 11) is 0. The molecule has 0 saturated carbocycles. The van der Waals surface area contributed by atoms with Gasteiger partial charge in [-0.2, -0.15) is 0 Å². The highest BCUT2D eigenvalue weighted by Gasteiger charge is 2.07. The van der Waals surface area contributed by atoms with Gasteiger partial charge in [-0.3, -0.25) is 0 Å². The molecule has 78 valence electrons. The van der Waals surface area contributed by atoms with Crippen molar-refractivity contribution in [1.82, 2.24) is 0 Å². The summed E-state index contributed by atoms with van der Waals surface area (Å²) in [5.74, 6) is -0.364. The van der Waals surface area contributed by atoms with Crippen LogP contribution in [0.2, 0.25) is 0 Å². The third kappa shape index (κ3) is 2.38. The predicted octanol–water partition coefficient (Wildman–Crippen LogP) is 2.62. The number of aromatic carboxylic acids is 1. The fourth-order valence-electron chi connectivity index (χ4n) is 1.05. The van der Waals surface area contributed by atoms with Crippen LogP contribution in [0, 0.1) is 0 Å². The van der Waals surface area contributed by atoms with Gasteiger partial charge < -0.3 is 14.3 Å². The van der Waals surface area contributed by atoms with Gasteiger partial charge in [-0.25, -0.2) is 4.79 Å². The average molecular weight is 224 g/mol. The SMILES string of the molecule is O=C(O)c1cc(OCc2ccoc2)cs1. The standard InChI is InChI=1S/C10H8O4S/c11-10(12)9-3-8(6-15-9)14-5-7-1-2-13-4-7/h1-4,6H,5H2,(H,11,12). The van der Waals surface area contributed by atoms with Crippen LogP contribution in [0.1, 0.15) is 15.2 Å². The first-order valence-corrected chi connectivity index (χ1v) is 5.09. The lowest BCUT2D eigenvalue weighted by molar-refractivity contribution is 0.0702. The van der Waals surface area contributed by atoms with Crippen LogP contribution < -0.4 is 4.74 Å². The van der Waals surface area contributed by atoms with Gasteiger partial charge in [0, 0.05) is 17.0 Å². The third-order valence-electron chi connectivity index (χ3n) is 1.77. The average Bonchev–Trinajstić information content (AvgIpc) is 2.86. The molecule has 0 spiro atoms. The van der Waals surface area contributed by atoms with E-state index < -0.39 is 5.97 Å². The molecule has 1 N–H and O–H groups in total. The summed E-state index contributed by atoms with van der Waals surface area (Å²) < 4.78 is 10.2. The van der Waals surface area contributed by atoms with Crippen molar-refractivity contribution in [1.29, 1.82) is 0 Å². The van der Waals surface area contributed by atoms with Gasteiger partial charge in [0.05, 0.1) is 12.5 Å². The molecule has 0 aliphatic heterocycles. The summed E-state index contributed by atoms with van der Waals surface area (Å²) in [5, 5.41) is 10.4. The maximum Gasteiger partial charge on any atom is 0.346 e. The van der Waals surface area contributed by atoms with Crippen LogP contribution in [-0.4, -0.2) is 11.1 Å². The normalized spacial score (nSPS) is 10.1. The number of carboxylic acids is 1. The van der Waals surface area contributed by atoms with Crippen LogP contribution >= 0.6 is 11.3 Å². The summed E-state index contributed by atoms with van der Waals surface area (Å²) in [4.78, 5) is 10.9. The van der Waals surface area contributed by atoms with Gasteiger partial charge in [0.1, 0.15) is 17.2 Å². The van der Waals surface area contributed by atoms with Gasteiger partial charge in [0.25, 0.3) is 0 Å². The molecule has 0 fully saturated rings. The second kappa shape index (κ2) is 4.18. The predicted molar refractivity (Wildman–Crippen MR) is 54.3 cm³/mol. The van der Waals surface area contributed by atoms with Crippen molar-refractivity contribution in [2.24, 2.45) is 0 Å². The van der Waals surface area contributed by atoms with E-state index in [-0.39, 0.29) is 4.88 Å². The molecule has 0 amide bonds. The maximum atomic E-state index is 10.6. The fraction of sp³-hybridized carbons (Fsp3) is 0.100. The quantitative estimate of drug-likeness (QED) is 0.867. The first-order chi connectivity index (χ1) is 7.25. The van der Waals surface area contributed by atoms with Gasteiger partial charge in [-0.15, -0.1) is 11.3 Å². The number of thiophene rings is 1. The zero-order valence-corrected chi connectivity index (χ0v) is 8.49. The number of hydrogen-bond acceptors (Lipinski definition) is 4. The van der Waals surface area contributed by atoms with Crippen LogP contribution in [-0.2, 0) is 6.61 Å². The van der Waals surface area contributed by atoms with Crippen molar-refractivity contribution in [2.75, 3.05) is 0 Å². The molecule has 2 rings (SSSR count). The Labute approximate surface area is 89.7 Å². The topological polar surface area (TPSA) is 59.7 Å². The first-order valence-electron chi connectivity index (χ1n) is 4.21. The molecule has 0 aliphatic rings. The van der Waals surface area contributed by atoms with E-state index in [2.05, 4.69) is 0 Å². The van der Waals surface area contributed by atoms with Crippen molar-refractivity contribution in [2.45, 2.75) is 6.61 Å². The molecule has 2 aromatic rings. The number of ether oxygens (including phenoxy) is 1. The van der Waals surface area contributed by atoms with Crippen molar-refractivity contribution in [3.05, 3.63) is 40.5 Å². The summed E-state index contributed by atoms with van der Waals surface area (Å²) in [6.07, 6.45) is 3.15. The second-order valence-electron chi connectivity index (χ2n) is 2.87. The number of carbonyl (C=O) groups is 1. The van der Waals surface area contributed by atoms with E-state index in [9.17, 15) is 4.79 Å². The Bertz CT molecular complexity index is 444. The van der Waals surface area contributed by atoms with Gasteiger partial charge in [-0.1, -0.05) is 0 Å². The Morgan fingerprint density at radius 3 is 3.07 bits per heavy atom. The Morgan fingerprint density at radius 1 is 1.60 bits per heavy atom. The lowest BCUT2D eigenvalue weighted by Gasteiger charge is -1.99. The Morgan fingerprint density at radius 2 is 2.47 bits per heavy atom. The summed E-state index contributed by atoms with van der Waals surface area (Å²) in [6.45, 7) is 0.381. The lowest BCUT2D eigenvalue weighted by Crippen LogP contribution is -1.93. The van der Waals surface area contributed by atoms with Crippen LogP contribution in [0.3, 0.4) is 0 Å². The molecule has 0 aromatic carbocycles. The molecular weight excluding hydrogens is 216 g/mol. The summed E-state index contributed by atoms with van der Waals surface area (Å²) in [5.41, 5.74) is 0.915. The molecule has 4 nitrogen and oxygen atoms in total. The van der Waals surface area contributed by atoms with Crippen LogP contribution in [0.15, 0.2) is 34.5 Å². The summed E-state index contributed by atoms with van der Waals surface area (Å²) >= 11 is 1.15. The monoisotopic (exact) mass is 224 g/mol. The zero-order valence-electron chi connectivity index (χ0n) is 7.67. The molecule has 0 atom stereocenters. The molecule has 5 heteroatoms. The molecular formula is C10H8O4S. The van der Waals surface area contributed by atoms with Crippen molar-refractivity contribution >= 4 is 17.3 Å². The van der Waals surface area contributed by atoms with Gasteiger partial charge in [0.2, 0.25) is 0 Å². The van der Waals surface area contributed by atoms with E-state index in [4.69, 9.17) is 14.3 Å². The molecule has 2 aromatic heterocycles. The van der Waals surface area contributed by atoms with E-state index in [0.717, 1.165) is 16.9 Å². The van der Waals surface area contributed by atoms with Gasteiger partial charge in [0.15, 0.2) is 0 Å². The van der Waals surface area contributed by atoms with Crippen LogP contribution in [0.5, 0.6) is 5.75 Å². The minimum atomic E-state index is -0.932. The molecule has 2 heterocycles. The van der Waals surface area contributed by atoms with E-state index >= 15 is 0 Å². The Hall–Kier alpha value is -1.75. The van der Waals surface area contributed by atoms with Crippen molar-refractivity contribution in [3.63, 3.8) is 0 Å². The number of carboxylic acid groups (broad SMARTS) is 1. The highest BCUT2D eigenvalue weighted by Crippen LogP contribution is 2.22. The first kappa shape index (κ1) is 9.79. The largest absolute Gasteiger partial charge is 0.488 e. The highest BCUT2D eigenvalue weighted by atomic mass is 32.1. The van der Waals surface area contributed by atoms with E-state index in [1.54, 1.807) is 24.0 Å². The van der Waals surface area contributed by atoms with Crippen molar-refractivity contribution in [3.8, 4) is 5.75 Å². The number of furan rings is 1. The molecule has 0 aliphatic carbocycles. The molecule has 0 unspecified atom stereocenters. The molecule has 0 radical (unpaired) electrons. The smallest absolute Gasteiger partial charge is 0.346 e. The van der Waals surface area contributed by atoms with E-state index in [0.29, 0.717) is 12.4 Å². The summed E-state index contributed by atoms with van der Waals surface area (Å²) in [6, 6.07) is 3.30. The van der Waals surface area contributed by atoms with Gasteiger partial charge >= 0.3 is 5.97 Å². The number of rotatable bonds is 4. The van der Waals surface area contributed by atoms with Gasteiger partial charge in [-0.05, 0) is 6.07 Å². The zero-order chi connectivity index (χ0) is 10.7. The van der Waals surface area contributed by atoms with E-state index in [1.165, 1.54) is 6.07 Å². The third-order valence-corrected chi connectivity index (χ3v) is 2.67. The van der Waals surface area contributed by atoms with Crippen molar-refractivity contribution < 1.29 is 19.1 Å². The highest BCUT2D eigenvalue weighted by molar-refractivity contribution is 7.12. The van der Waals surface area contributed by atoms with Crippen LogP contribution in [0.25, 0.3) is 0 Å².